The molecule has 0 radical (unpaired) electrons. The van der Waals surface area contributed by atoms with Crippen LogP contribution in [0.1, 0.15) is 24.6 Å². The van der Waals surface area contributed by atoms with Gasteiger partial charge in [-0.1, -0.05) is 12.1 Å². The summed E-state index contributed by atoms with van der Waals surface area (Å²) in [6, 6.07) is 14.3. The van der Waals surface area contributed by atoms with Crippen molar-refractivity contribution in [2.45, 2.75) is 25.3 Å². The number of hydrogen-bond donors (Lipinski definition) is 0. The third-order valence-electron chi connectivity index (χ3n) is 5.30. The van der Waals surface area contributed by atoms with E-state index in [-0.39, 0.29) is 17.6 Å². The summed E-state index contributed by atoms with van der Waals surface area (Å²) >= 11 is 0. The number of anilines is 1. The van der Waals surface area contributed by atoms with Gasteiger partial charge in [0.05, 0.1) is 11.0 Å². The molecule has 1 amide bonds. The first-order valence-electron chi connectivity index (χ1n) is 9.69. The van der Waals surface area contributed by atoms with E-state index in [4.69, 9.17) is 4.98 Å². The molecule has 1 aliphatic rings. The summed E-state index contributed by atoms with van der Waals surface area (Å²) in [6.07, 6.45) is 1.44. The third-order valence-corrected chi connectivity index (χ3v) is 5.30. The second kappa shape index (κ2) is 7.72. The minimum absolute atomic E-state index is 0.0318. The topological polar surface area (TPSA) is 41.4 Å². The first-order chi connectivity index (χ1) is 13.5. The zero-order chi connectivity index (χ0) is 19.7. The molecule has 0 unspecified atom stereocenters. The van der Waals surface area contributed by atoms with Crippen molar-refractivity contribution in [3.8, 4) is 0 Å². The zero-order valence-electron chi connectivity index (χ0n) is 16.3. The van der Waals surface area contributed by atoms with Crippen LogP contribution in [-0.2, 0) is 11.3 Å². The molecule has 2 heterocycles. The van der Waals surface area contributed by atoms with Crippen LogP contribution in [-0.4, -0.2) is 47.5 Å². The zero-order valence-corrected chi connectivity index (χ0v) is 16.3. The molecule has 1 atom stereocenters. The van der Waals surface area contributed by atoms with Crippen LogP contribution in [0.4, 0.5) is 10.1 Å². The molecule has 5 nitrogen and oxygen atoms in total. The maximum atomic E-state index is 13.2. The number of halogens is 1. The summed E-state index contributed by atoms with van der Waals surface area (Å²) < 4.78 is 15.5. The predicted octanol–water partition coefficient (Wildman–Crippen LogP) is 3.65. The number of nitrogens with zero attached hydrogens (tertiary/aromatic N) is 4. The van der Waals surface area contributed by atoms with E-state index >= 15 is 0 Å². The van der Waals surface area contributed by atoms with Crippen molar-refractivity contribution in [1.82, 2.24) is 14.5 Å². The van der Waals surface area contributed by atoms with E-state index in [0.717, 1.165) is 42.1 Å². The van der Waals surface area contributed by atoms with Gasteiger partial charge in [0.25, 0.3) is 0 Å². The van der Waals surface area contributed by atoms with Gasteiger partial charge >= 0.3 is 0 Å². The van der Waals surface area contributed by atoms with Crippen LogP contribution in [0.25, 0.3) is 11.0 Å². The first-order valence-corrected chi connectivity index (χ1v) is 9.69. The van der Waals surface area contributed by atoms with E-state index in [1.54, 1.807) is 17.0 Å². The van der Waals surface area contributed by atoms with E-state index in [0.29, 0.717) is 13.0 Å². The maximum Gasteiger partial charge on any atom is 0.227 e. The number of aryl methyl sites for hydroxylation is 1. The van der Waals surface area contributed by atoms with Gasteiger partial charge in [0, 0.05) is 31.1 Å². The predicted molar refractivity (Wildman–Crippen MR) is 109 cm³/mol. The first kappa shape index (κ1) is 18.6. The van der Waals surface area contributed by atoms with Crippen LogP contribution in [0.3, 0.4) is 0 Å². The summed E-state index contributed by atoms with van der Waals surface area (Å²) in [4.78, 5) is 21.5. The molecule has 0 spiro atoms. The summed E-state index contributed by atoms with van der Waals surface area (Å²) in [5.41, 5.74) is 2.82. The lowest BCUT2D eigenvalue weighted by Crippen LogP contribution is -2.24. The quantitative estimate of drug-likeness (QED) is 0.656. The number of aromatic nitrogens is 2. The van der Waals surface area contributed by atoms with E-state index in [2.05, 4.69) is 29.6 Å². The van der Waals surface area contributed by atoms with Gasteiger partial charge in [-0.3, -0.25) is 4.79 Å². The minimum Gasteiger partial charge on any atom is -0.328 e. The lowest BCUT2D eigenvalue weighted by Gasteiger charge is -2.18. The number of amides is 1. The Balaban J connectivity index is 1.63. The average molecular weight is 380 g/mol. The van der Waals surface area contributed by atoms with Gasteiger partial charge in [-0.25, -0.2) is 9.37 Å². The molecule has 0 saturated carbocycles. The average Bonchev–Trinajstić information content (AvgIpc) is 3.23. The van der Waals surface area contributed by atoms with Crippen molar-refractivity contribution in [3.63, 3.8) is 0 Å². The highest BCUT2D eigenvalue weighted by Crippen LogP contribution is 2.33. The Bertz CT molecular complexity index is 980. The molecule has 28 heavy (non-hydrogen) atoms. The third kappa shape index (κ3) is 3.64. The fourth-order valence-corrected chi connectivity index (χ4v) is 3.94. The van der Waals surface area contributed by atoms with Crippen LogP contribution in [0.5, 0.6) is 0 Å². The van der Waals surface area contributed by atoms with Crippen molar-refractivity contribution >= 4 is 22.6 Å². The molecule has 6 heteroatoms. The maximum absolute atomic E-state index is 13.2. The highest BCUT2D eigenvalue weighted by Gasteiger charge is 2.34. The summed E-state index contributed by atoms with van der Waals surface area (Å²) in [5, 5.41) is 0. The molecule has 4 rings (SSSR count). The molecule has 2 aromatic carbocycles. The number of imidazole rings is 1. The van der Waals surface area contributed by atoms with Gasteiger partial charge in [0.15, 0.2) is 0 Å². The van der Waals surface area contributed by atoms with Crippen molar-refractivity contribution in [3.05, 3.63) is 60.2 Å². The number of para-hydroxylation sites is 2. The van der Waals surface area contributed by atoms with Crippen LogP contribution in [0, 0.1) is 5.82 Å². The van der Waals surface area contributed by atoms with Crippen molar-refractivity contribution in [1.29, 1.82) is 0 Å². The molecule has 1 fully saturated rings. The van der Waals surface area contributed by atoms with E-state index in [1.807, 2.05) is 18.2 Å². The summed E-state index contributed by atoms with van der Waals surface area (Å²) in [6.45, 7) is 2.44. The standard InChI is InChI=1S/C22H25FN4O/c1-25(2)12-5-13-26-20-7-4-3-6-19(20)24-22(26)16-14-21(28)27(15-16)18-10-8-17(23)9-11-18/h3-4,6-11,16H,5,12-15H2,1-2H3/t16-/m1/s1. The van der Waals surface area contributed by atoms with Gasteiger partial charge in [0.1, 0.15) is 11.6 Å². The molecule has 0 N–H and O–H groups in total. The smallest absolute Gasteiger partial charge is 0.227 e. The SMILES string of the molecule is CN(C)CCCn1c([C@@H]2CC(=O)N(c3ccc(F)cc3)C2)nc2ccccc21. The van der Waals surface area contributed by atoms with Gasteiger partial charge in [-0.05, 0) is 63.5 Å². The number of carbonyl (C=O) groups excluding carboxylic acids is 1. The Morgan fingerprint density at radius 2 is 1.89 bits per heavy atom. The molecule has 0 aliphatic carbocycles. The monoisotopic (exact) mass is 380 g/mol. The summed E-state index contributed by atoms with van der Waals surface area (Å²) in [5.74, 6) is 0.764. The normalized spacial score (nSPS) is 17.2. The molecule has 1 aliphatic heterocycles. The molecule has 3 aromatic rings. The molecule has 1 aromatic heterocycles. The Morgan fingerprint density at radius 1 is 1.14 bits per heavy atom. The number of benzene rings is 2. The highest BCUT2D eigenvalue weighted by atomic mass is 19.1. The van der Waals surface area contributed by atoms with E-state index in [9.17, 15) is 9.18 Å². The van der Waals surface area contributed by atoms with E-state index < -0.39 is 0 Å². The second-order valence-corrected chi connectivity index (χ2v) is 7.65. The number of rotatable bonds is 6. The Labute approximate surface area is 164 Å². The molecule has 1 saturated heterocycles. The van der Waals surface area contributed by atoms with Crippen molar-refractivity contribution < 1.29 is 9.18 Å². The van der Waals surface area contributed by atoms with Crippen molar-refractivity contribution in [2.24, 2.45) is 0 Å². The van der Waals surface area contributed by atoms with Crippen LogP contribution in [0.15, 0.2) is 48.5 Å². The molecule has 146 valence electrons. The van der Waals surface area contributed by atoms with Crippen molar-refractivity contribution in [2.75, 3.05) is 32.1 Å². The van der Waals surface area contributed by atoms with Gasteiger partial charge in [-0.15, -0.1) is 0 Å². The molecular weight excluding hydrogens is 355 g/mol. The number of hydrogen-bond acceptors (Lipinski definition) is 3. The fourth-order valence-electron chi connectivity index (χ4n) is 3.94. The lowest BCUT2D eigenvalue weighted by atomic mass is 10.1. The Morgan fingerprint density at radius 3 is 2.64 bits per heavy atom. The molecule has 0 bridgehead atoms. The van der Waals surface area contributed by atoms with Gasteiger partial charge in [-0.2, -0.15) is 0 Å². The molecular formula is C22H25FN4O. The highest BCUT2D eigenvalue weighted by molar-refractivity contribution is 5.96. The van der Waals surface area contributed by atoms with Crippen LogP contribution in [0.2, 0.25) is 0 Å². The van der Waals surface area contributed by atoms with Gasteiger partial charge in [0.2, 0.25) is 5.91 Å². The van der Waals surface area contributed by atoms with Crippen LogP contribution < -0.4 is 4.90 Å². The fraction of sp³-hybridized carbons (Fsp3) is 0.364. The van der Waals surface area contributed by atoms with Crippen LogP contribution >= 0.6 is 0 Å². The lowest BCUT2D eigenvalue weighted by molar-refractivity contribution is -0.117. The largest absolute Gasteiger partial charge is 0.328 e. The minimum atomic E-state index is -0.297. The van der Waals surface area contributed by atoms with E-state index in [1.165, 1.54) is 12.1 Å². The van der Waals surface area contributed by atoms with Gasteiger partial charge < -0.3 is 14.4 Å². The number of carbonyl (C=O) groups is 1. The Kier molecular flexibility index (Phi) is 5.13. The second-order valence-electron chi connectivity index (χ2n) is 7.65. The Hall–Kier alpha value is -2.73. The summed E-state index contributed by atoms with van der Waals surface area (Å²) in [7, 11) is 4.15. The number of fused-ring (bicyclic) bond motifs is 1.